The summed E-state index contributed by atoms with van der Waals surface area (Å²) in [4.78, 5) is 13.5. The highest BCUT2D eigenvalue weighted by molar-refractivity contribution is 6.75. The Hall–Kier alpha value is -0.599. The molecule has 2 aliphatic heterocycles. The number of aliphatic hydroxyl groups excluding tert-OH is 1. The van der Waals surface area contributed by atoms with Crippen LogP contribution >= 0.6 is 0 Å². The second-order valence-corrected chi connectivity index (χ2v) is 33.7. The fourth-order valence-electron chi connectivity index (χ4n) is 5.04. The van der Waals surface area contributed by atoms with Gasteiger partial charge in [-0.3, -0.25) is 4.79 Å². The summed E-state index contributed by atoms with van der Waals surface area (Å²) in [6.07, 6.45) is 9.34. The molecule has 0 bridgehead atoms. The van der Waals surface area contributed by atoms with Gasteiger partial charge < -0.3 is 27.9 Å². The van der Waals surface area contributed by atoms with Crippen LogP contribution in [0, 0.1) is 11.8 Å². The summed E-state index contributed by atoms with van der Waals surface area (Å²) in [5.41, 5.74) is 0. The van der Waals surface area contributed by atoms with Gasteiger partial charge in [-0.25, -0.2) is 0 Å². The molecule has 0 unspecified atom stereocenters. The number of carbonyl (C=O) groups is 1. The molecule has 2 rings (SSSR count). The highest BCUT2D eigenvalue weighted by Gasteiger charge is 2.47. The third-order valence-corrected chi connectivity index (χ3v) is 25.1. The van der Waals surface area contributed by atoms with Crippen LogP contribution in [0.3, 0.4) is 0 Å². The van der Waals surface area contributed by atoms with Crippen molar-refractivity contribution in [3.05, 3.63) is 24.3 Å². The fraction of sp³-hybridized carbons (Fsp3) is 0.868. The molecule has 0 amide bonds. The Kier molecular flexibility index (Phi) is 14.9. The molecule has 280 valence electrons. The summed E-state index contributed by atoms with van der Waals surface area (Å²) in [5, 5.41) is 10.1. The maximum atomic E-state index is 13.5. The average molecular weight is 727 g/mol. The molecule has 0 aromatic rings. The number of rotatable bonds is 10. The van der Waals surface area contributed by atoms with Gasteiger partial charge in [0, 0.05) is 19.4 Å². The van der Waals surface area contributed by atoms with Crippen LogP contribution < -0.4 is 0 Å². The SMILES string of the molecule is C[C@H]1C/C=C/[C@H](O[Si](C)(C)C(C)(C)C)[C@@H](O[Si](C)(C)C(C)(C)C)/C=C/[C@@H]2O[C@H]2C[C@@H]([C@H](C[C@@H](C)CO)O[Si](C)(C)C(C)(C)C)OC(=O)C1. The highest BCUT2D eigenvalue weighted by Crippen LogP contribution is 2.43. The van der Waals surface area contributed by atoms with Gasteiger partial charge in [-0.2, -0.15) is 0 Å². The van der Waals surface area contributed by atoms with E-state index in [9.17, 15) is 9.90 Å². The first kappa shape index (κ1) is 43.6. The van der Waals surface area contributed by atoms with Crippen LogP contribution in [0.2, 0.25) is 54.4 Å². The molecule has 1 saturated heterocycles. The van der Waals surface area contributed by atoms with Gasteiger partial charge in [0.1, 0.15) is 12.2 Å². The topological polar surface area (TPSA) is 86.8 Å². The summed E-state index contributed by atoms with van der Waals surface area (Å²) in [5.74, 6) is -0.109. The predicted molar refractivity (Wildman–Crippen MR) is 207 cm³/mol. The van der Waals surface area contributed by atoms with Gasteiger partial charge in [0.25, 0.3) is 0 Å². The van der Waals surface area contributed by atoms with Gasteiger partial charge in [0.15, 0.2) is 25.0 Å². The van der Waals surface area contributed by atoms with Crippen molar-refractivity contribution in [3.8, 4) is 0 Å². The van der Waals surface area contributed by atoms with Crippen LogP contribution in [-0.2, 0) is 27.5 Å². The first-order valence-electron chi connectivity index (χ1n) is 18.4. The lowest BCUT2D eigenvalue weighted by atomic mass is 9.97. The largest absolute Gasteiger partial charge is 0.460 e. The number of allylic oxidation sites excluding steroid dienone is 1. The zero-order chi connectivity index (χ0) is 37.1. The van der Waals surface area contributed by atoms with Gasteiger partial charge in [-0.05, 0) is 79.1 Å². The number of carbonyl (C=O) groups excluding carboxylic acids is 1. The second kappa shape index (κ2) is 16.4. The van der Waals surface area contributed by atoms with E-state index in [-0.39, 0.29) is 70.0 Å². The molecule has 0 aliphatic carbocycles. The van der Waals surface area contributed by atoms with Crippen LogP contribution in [0.1, 0.15) is 102 Å². The van der Waals surface area contributed by atoms with Crippen molar-refractivity contribution in [1.29, 1.82) is 0 Å². The van der Waals surface area contributed by atoms with Crippen molar-refractivity contribution in [3.63, 3.8) is 0 Å². The van der Waals surface area contributed by atoms with E-state index in [2.05, 4.69) is 133 Å². The lowest BCUT2D eigenvalue weighted by molar-refractivity contribution is -0.157. The van der Waals surface area contributed by atoms with E-state index in [1.807, 2.05) is 6.92 Å². The maximum absolute atomic E-state index is 13.5. The molecule has 7 nitrogen and oxygen atoms in total. The van der Waals surface area contributed by atoms with Crippen LogP contribution in [0.25, 0.3) is 0 Å². The smallest absolute Gasteiger partial charge is 0.306 e. The second-order valence-electron chi connectivity index (χ2n) is 19.4. The van der Waals surface area contributed by atoms with Gasteiger partial charge in [-0.15, -0.1) is 0 Å². The van der Waals surface area contributed by atoms with Crippen LogP contribution in [0.4, 0.5) is 0 Å². The minimum Gasteiger partial charge on any atom is -0.460 e. The predicted octanol–water partition coefficient (Wildman–Crippen LogP) is 9.79. The van der Waals surface area contributed by atoms with E-state index in [1.54, 1.807) is 0 Å². The normalized spacial score (nSPS) is 29.9. The summed E-state index contributed by atoms with van der Waals surface area (Å²) in [6.45, 7) is 38.1. The molecule has 48 heavy (non-hydrogen) atoms. The molecule has 0 aromatic heterocycles. The van der Waals surface area contributed by atoms with Gasteiger partial charge >= 0.3 is 5.97 Å². The Morgan fingerprint density at radius 3 is 1.81 bits per heavy atom. The molecular formula is C38H74O7Si3. The Morgan fingerprint density at radius 1 is 0.833 bits per heavy atom. The molecule has 8 atom stereocenters. The first-order valence-corrected chi connectivity index (χ1v) is 27.2. The number of esters is 1. The summed E-state index contributed by atoms with van der Waals surface area (Å²) in [6, 6.07) is 0. The van der Waals surface area contributed by atoms with E-state index in [0.717, 1.165) is 6.42 Å². The average Bonchev–Trinajstić information content (AvgIpc) is 3.64. The molecule has 0 spiro atoms. The van der Waals surface area contributed by atoms with Gasteiger partial charge in [-0.1, -0.05) is 100 Å². The molecule has 1 N–H and O–H groups in total. The summed E-state index contributed by atoms with van der Waals surface area (Å²) >= 11 is 0. The van der Waals surface area contributed by atoms with E-state index in [0.29, 0.717) is 19.3 Å². The minimum atomic E-state index is -2.22. The molecule has 1 fully saturated rings. The van der Waals surface area contributed by atoms with Crippen LogP contribution in [0.15, 0.2) is 24.3 Å². The number of epoxide rings is 1. The van der Waals surface area contributed by atoms with E-state index in [4.69, 9.17) is 22.8 Å². The number of hydrogen-bond acceptors (Lipinski definition) is 7. The summed E-state index contributed by atoms with van der Waals surface area (Å²) in [7, 11) is -6.55. The van der Waals surface area contributed by atoms with Crippen molar-refractivity contribution in [2.24, 2.45) is 11.8 Å². The maximum Gasteiger partial charge on any atom is 0.306 e. The molecular weight excluding hydrogens is 653 g/mol. The lowest BCUT2D eigenvalue weighted by Crippen LogP contribution is -2.51. The first-order chi connectivity index (χ1) is 21.6. The third-order valence-electron chi connectivity index (χ3n) is 11.6. The van der Waals surface area contributed by atoms with Crippen molar-refractivity contribution < 1.29 is 32.7 Å². The number of ether oxygens (including phenoxy) is 2. The van der Waals surface area contributed by atoms with E-state index in [1.165, 1.54) is 0 Å². The van der Waals surface area contributed by atoms with E-state index < -0.39 is 31.1 Å². The Balaban J connectivity index is 2.56. The number of cyclic esters (lactones) is 1. The molecule has 0 aromatic carbocycles. The third kappa shape index (κ3) is 12.6. The Labute approximate surface area is 298 Å². The number of hydrogen-bond donors (Lipinski definition) is 1. The van der Waals surface area contributed by atoms with Crippen LogP contribution in [-0.4, -0.2) is 79.3 Å². The van der Waals surface area contributed by atoms with Crippen molar-refractivity contribution in [2.75, 3.05) is 6.61 Å². The monoisotopic (exact) mass is 726 g/mol. The van der Waals surface area contributed by atoms with Crippen molar-refractivity contribution in [2.45, 2.75) is 193 Å². The van der Waals surface area contributed by atoms with E-state index >= 15 is 0 Å². The number of fused-ring (bicyclic) bond motifs is 1. The molecule has 10 heteroatoms. The van der Waals surface area contributed by atoms with Crippen molar-refractivity contribution >= 4 is 30.9 Å². The standard InChI is InChI=1S/C38H74O7Si3/c1-27-19-18-20-30(43-46(12,13)36(3,4)5)31(44-47(14,15)37(6,7)8)22-21-29-32(41-29)25-33(42-35(40)24-27)34(23-28(2)26-39)45-48(16,17)38(9,10)11/h18,20-22,27-34,39H,19,23-26H2,1-17H3/b20-18+,22-21+/t27-,28+,29-,30-,31-,32-,33-,34-/m0/s1. The lowest BCUT2D eigenvalue weighted by Gasteiger charge is -2.44. The summed E-state index contributed by atoms with van der Waals surface area (Å²) < 4.78 is 33.8. The number of aliphatic hydroxyl groups is 1. The zero-order valence-corrected chi connectivity index (χ0v) is 36.9. The molecule has 0 radical (unpaired) electrons. The molecule has 0 saturated carbocycles. The van der Waals surface area contributed by atoms with Gasteiger partial charge in [0.2, 0.25) is 0 Å². The van der Waals surface area contributed by atoms with Gasteiger partial charge in [0.05, 0.1) is 24.4 Å². The quantitative estimate of drug-likeness (QED) is 0.104. The fourth-order valence-corrected chi connectivity index (χ4v) is 8.89. The van der Waals surface area contributed by atoms with Crippen LogP contribution in [0.5, 0.6) is 0 Å². The molecule has 2 aliphatic rings. The Bertz CT molecular complexity index is 1100. The van der Waals surface area contributed by atoms with Crippen molar-refractivity contribution in [1.82, 2.24) is 0 Å². The zero-order valence-electron chi connectivity index (χ0n) is 33.9. The molecule has 2 heterocycles. The minimum absolute atomic E-state index is 0.0120. The Morgan fingerprint density at radius 2 is 1.33 bits per heavy atom. The highest BCUT2D eigenvalue weighted by atomic mass is 28.4.